The second-order valence-electron chi connectivity index (χ2n) is 7.52. The SMILES string of the molecule is COc1ccc(CCC(C)NC(=O)c2cc(S(=O)(=O)N(C)C(C)C)ccc2Cl)cc1. The molecule has 1 unspecified atom stereocenters. The van der Waals surface area contributed by atoms with Gasteiger partial charge in [0.2, 0.25) is 10.0 Å². The van der Waals surface area contributed by atoms with Crippen LogP contribution >= 0.6 is 11.6 Å². The minimum Gasteiger partial charge on any atom is -0.497 e. The van der Waals surface area contributed by atoms with Crippen LogP contribution in [-0.4, -0.2) is 44.9 Å². The molecular weight excluding hydrogens is 424 g/mol. The predicted molar refractivity (Wildman–Crippen MR) is 120 cm³/mol. The standard InChI is InChI=1S/C22H29ClN2O4S/c1-15(2)25(4)30(27,28)19-12-13-21(23)20(14-19)22(26)24-16(3)6-7-17-8-10-18(29-5)11-9-17/h8-16H,6-7H2,1-5H3,(H,24,26). The van der Waals surface area contributed by atoms with E-state index in [-0.39, 0.29) is 27.6 Å². The molecule has 0 heterocycles. The predicted octanol–water partition coefficient (Wildman–Crippen LogP) is 4.13. The van der Waals surface area contributed by atoms with Gasteiger partial charge in [-0.05, 0) is 69.5 Å². The molecule has 0 bridgehead atoms. The van der Waals surface area contributed by atoms with Crippen LogP contribution in [0.3, 0.4) is 0 Å². The van der Waals surface area contributed by atoms with E-state index in [9.17, 15) is 13.2 Å². The Balaban J connectivity index is 2.08. The fourth-order valence-electron chi connectivity index (χ4n) is 2.83. The third kappa shape index (κ3) is 5.97. The summed E-state index contributed by atoms with van der Waals surface area (Å²) in [6.45, 7) is 5.47. The van der Waals surface area contributed by atoms with Gasteiger partial charge in [-0.15, -0.1) is 0 Å². The fourth-order valence-corrected chi connectivity index (χ4v) is 4.43. The molecule has 0 aliphatic rings. The first-order chi connectivity index (χ1) is 14.1. The Kier molecular flexibility index (Phi) is 8.29. The number of carbonyl (C=O) groups excluding carboxylic acids is 1. The van der Waals surface area contributed by atoms with E-state index in [1.807, 2.05) is 31.2 Å². The van der Waals surface area contributed by atoms with Gasteiger partial charge in [0, 0.05) is 19.1 Å². The van der Waals surface area contributed by atoms with Gasteiger partial charge >= 0.3 is 0 Å². The summed E-state index contributed by atoms with van der Waals surface area (Å²) in [5.41, 5.74) is 1.28. The van der Waals surface area contributed by atoms with E-state index in [0.717, 1.165) is 24.2 Å². The molecule has 1 atom stereocenters. The van der Waals surface area contributed by atoms with Gasteiger partial charge in [0.1, 0.15) is 5.75 Å². The minimum absolute atomic E-state index is 0.0409. The third-order valence-corrected chi connectivity index (χ3v) is 7.35. The molecule has 2 aromatic rings. The topological polar surface area (TPSA) is 75.7 Å². The molecule has 164 valence electrons. The first-order valence-corrected chi connectivity index (χ1v) is 11.6. The largest absolute Gasteiger partial charge is 0.497 e. The highest BCUT2D eigenvalue weighted by Gasteiger charge is 2.25. The summed E-state index contributed by atoms with van der Waals surface area (Å²) in [6, 6.07) is 11.7. The van der Waals surface area contributed by atoms with Crippen molar-refractivity contribution < 1.29 is 17.9 Å². The molecular formula is C22H29ClN2O4S. The van der Waals surface area contributed by atoms with Crippen molar-refractivity contribution in [1.29, 1.82) is 0 Å². The lowest BCUT2D eigenvalue weighted by Gasteiger charge is -2.21. The van der Waals surface area contributed by atoms with Gasteiger partial charge in [-0.25, -0.2) is 8.42 Å². The Morgan fingerprint density at radius 1 is 1.13 bits per heavy atom. The fraction of sp³-hybridized carbons (Fsp3) is 0.409. The number of ether oxygens (including phenoxy) is 1. The Labute approximate surface area is 184 Å². The number of carbonyl (C=O) groups is 1. The van der Waals surface area contributed by atoms with Crippen LogP contribution in [0.25, 0.3) is 0 Å². The molecule has 0 saturated carbocycles. The highest BCUT2D eigenvalue weighted by molar-refractivity contribution is 7.89. The van der Waals surface area contributed by atoms with Crippen LogP contribution in [0.2, 0.25) is 5.02 Å². The van der Waals surface area contributed by atoms with Crippen molar-refractivity contribution in [2.75, 3.05) is 14.2 Å². The third-order valence-electron chi connectivity index (χ3n) is 4.99. The average Bonchev–Trinajstić information content (AvgIpc) is 2.71. The van der Waals surface area contributed by atoms with Gasteiger partial charge in [-0.1, -0.05) is 23.7 Å². The van der Waals surface area contributed by atoms with E-state index in [1.54, 1.807) is 21.0 Å². The maximum atomic E-state index is 12.7. The summed E-state index contributed by atoms with van der Waals surface area (Å²) in [5, 5.41) is 3.11. The summed E-state index contributed by atoms with van der Waals surface area (Å²) < 4.78 is 31.9. The Morgan fingerprint density at radius 2 is 1.77 bits per heavy atom. The van der Waals surface area contributed by atoms with Crippen molar-refractivity contribution in [2.45, 2.75) is 50.6 Å². The van der Waals surface area contributed by atoms with Crippen LogP contribution in [0.5, 0.6) is 5.75 Å². The molecule has 0 spiro atoms. The highest BCUT2D eigenvalue weighted by Crippen LogP contribution is 2.24. The molecule has 0 saturated heterocycles. The quantitative estimate of drug-likeness (QED) is 0.620. The van der Waals surface area contributed by atoms with Crippen LogP contribution in [0.4, 0.5) is 0 Å². The van der Waals surface area contributed by atoms with E-state index in [0.29, 0.717) is 0 Å². The molecule has 30 heavy (non-hydrogen) atoms. The molecule has 0 radical (unpaired) electrons. The number of sulfonamides is 1. The lowest BCUT2D eigenvalue weighted by atomic mass is 10.1. The Hall–Kier alpha value is -2.09. The number of hydrogen-bond donors (Lipinski definition) is 1. The van der Waals surface area contributed by atoms with Crippen LogP contribution in [-0.2, 0) is 16.4 Å². The summed E-state index contributed by atoms with van der Waals surface area (Å²) >= 11 is 6.19. The summed E-state index contributed by atoms with van der Waals surface area (Å²) in [5.74, 6) is 0.402. The molecule has 2 rings (SSSR count). The number of hydrogen-bond acceptors (Lipinski definition) is 4. The van der Waals surface area contributed by atoms with Crippen LogP contribution in [0, 0.1) is 0 Å². The Morgan fingerprint density at radius 3 is 2.33 bits per heavy atom. The molecule has 6 nitrogen and oxygen atoms in total. The van der Waals surface area contributed by atoms with E-state index in [1.165, 1.54) is 29.6 Å². The van der Waals surface area contributed by atoms with Gasteiger partial charge in [-0.2, -0.15) is 4.31 Å². The van der Waals surface area contributed by atoms with Crippen LogP contribution in [0.1, 0.15) is 43.1 Å². The van der Waals surface area contributed by atoms with Crippen molar-refractivity contribution in [3.63, 3.8) is 0 Å². The zero-order valence-electron chi connectivity index (χ0n) is 18.0. The number of halogens is 1. The van der Waals surface area contributed by atoms with Crippen molar-refractivity contribution >= 4 is 27.5 Å². The second kappa shape index (κ2) is 10.3. The summed E-state index contributed by atoms with van der Waals surface area (Å²) in [6.07, 6.45) is 1.51. The van der Waals surface area contributed by atoms with E-state index in [2.05, 4.69) is 5.32 Å². The lowest BCUT2D eigenvalue weighted by Crippen LogP contribution is -2.34. The van der Waals surface area contributed by atoms with Gasteiger partial charge in [0.25, 0.3) is 5.91 Å². The maximum Gasteiger partial charge on any atom is 0.253 e. The van der Waals surface area contributed by atoms with Gasteiger partial charge in [-0.3, -0.25) is 4.79 Å². The number of rotatable bonds is 9. The number of methoxy groups -OCH3 is 1. The molecule has 8 heteroatoms. The molecule has 0 aliphatic heterocycles. The molecule has 0 aromatic heterocycles. The van der Waals surface area contributed by atoms with Crippen molar-refractivity contribution in [1.82, 2.24) is 9.62 Å². The van der Waals surface area contributed by atoms with E-state index < -0.39 is 15.9 Å². The summed E-state index contributed by atoms with van der Waals surface area (Å²) in [4.78, 5) is 12.8. The van der Waals surface area contributed by atoms with Crippen LogP contribution < -0.4 is 10.1 Å². The zero-order chi connectivity index (χ0) is 22.5. The summed E-state index contributed by atoms with van der Waals surface area (Å²) in [7, 11) is -0.574. The number of amides is 1. The average molecular weight is 453 g/mol. The first-order valence-electron chi connectivity index (χ1n) is 9.77. The molecule has 2 aromatic carbocycles. The number of aryl methyl sites for hydroxylation is 1. The molecule has 0 aliphatic carbocycles. The highest BCUT2D eigenvalue weighted by atomic mass is 35.5. The van der Waals surface area contributed by atoms with Crippen molar-refractivity contribution in [2.24, 2.45) is 0 Å². The molecule has 1 amide bonds. The second-order valence-corrected chi connectivity index (χ2v) is 9.92. The molecule has 0 fully saturated rings. The van der Waals surface area contributed by atoms with E-state index >= 15 is 0 Å². The normalized spacial score (nSPS) is 12.8. The van der Waals surface area contributed by atoms with Gasteiger partial charge in [0.15, 0.2) is 0 Å². The van der Waals surface area contributed by atoms with Crippen LogP contribution in [0.15, 0.2) is 47.4 Å². The van der Waals surface area contributed by atoms with E-state index in [4.69, 9.17) is 16.3 Å². The maximum absolute atomic E-state index is 12.7. The van der Waals surface area contributed by atoms with Gasteiger partial charge < -0.3 is 10.1 Å². The van der Waals surface area contributed by atoms with Crippen molar-refractivity contribution in [3.8, 4) is 5.75 Å². The van der Waals surface area contributed by atoms with Crippen molar-refractivity contribution in [3.05, 3.63) is 58.6 Å². The Bertz CT molecular complexity index is 975. The van der Waals surface area contributed by atoms with Gasteiger partial charge in [0.05, 0.1) is 22.6 Å². The first kappa shape index (κ1) is 24.2. The molecule has 1 N–H and O–H groups in total. The monoisotopic (exact) mass is 452 g/mol. The minimum atomic E-state index is -3.71. The number of nitrogens with one attached hydrogen (secondary N) is 1. The number of benzene rings is 2. The zero-order valence-corrected chi connectivity index (χ0v) is 19.5. The lowest BCUT2D eigenvalue weighted by molar-refractivity contribution is 0.0938. The number of nitrogens with zero attached hydrogens (tertiary/aromatic N) is 1. The smallest absolute Gasteiger partial charge is 0.253 e.